The maximum atomic E-state index is 13.2. The summed E-state index contributed by atoms with van der Waals surface area (Å²) in [7, 11) is 0. The van der Waals surface area contributed by atoms with Gasteiger partial charge in [0.25, 0.3) is 0 Å². The van der Waals surface area contributed by atoms with Gasteiger partial charge in [0, 0.05) is 16.2 Å². The summed E-state index contributed by atoms with van der Waals surface area (Å²) in [5, 5.41) is 0.697. The smallest absolute Gasteiger partial charge is 0.123 e. The molecule has 2 rings (SSSR count). The number of rotatable bonds is 3. The van der Waals surface area contributed by atoms with E-state index in [1.807, 2.05) is 24.8 Å². The average molecular weight is 239 g/mol. The molecule has 0 heterocycles. The molecule has 0 unspecified atom stereocenters. The Morgan fingerprint density at radius 2 is 2.06 bits per heavy atom. The number of hydrogen-bond donors (Lipinski definition) is 1. The van der Waals surface area contributed by atoms with Gasteiger partial charge in [0.2, 0.25) is 0 Å². The van der Waals surface area contributed by atoms with E-state index in [1.54, 1.807) is 6.07 Å². The molecular formula is C13H18FNS. The normalized spacial score (nSPS) is 18.9. The van der Waals surface area contributed by atoms with Crippen LogP contribution in [-0.2, 0) is 0 Å². The van der Waals surface area contributed by atoms with Crippen molar-refractivity contribution in [1.82, 2.24) is 0 Å². The largest absolute Gasteiger partial charge is 0.324 e. The molecule has 0 radical (unpaired) electrons. The minimum absolute atomic E-state index is 0.0976. The van der Waals surface area contributed by atoms with E-state index in [2.05, 4.69) is 0 Å². The maximum Gasteiger partial charge on any atom is 0.123 e. The van der Waals surface area contributed by atoms with Gasteiger partial charge in [0.1, 0.15) is 5.82 Å². The van der Waals surface area contributed by atoms with Crippen molar-refractivity contribution in [2.75, 3.05) is 0 Å². The second-order valence-corrected chi connectivity index (χ2v) is 5.84. The Balaban J connectivity index is 2.18. The molecule has 2 N–H and O–H groups in total. The first-order chi connectivity index (χ1) is 7.66. The number of hydrogen-bond acceptors (Lipinski definition) is 2. The lowest BCUT2D eigenvalue weighted by Gasteiger charge is -2.15. The van der Waals surface area contributed by atoms with Crippen molar-refractivity contribution in [2.24, 2.45) is 5.73 Å². The zero-order chi connectivity index (χ0) is 11.5. The van der Waals surface area contributed by atoms with Crippen LogP contribution in [0.2, 0.25) is 0 Å². The molecule has 1 atom stereocenters. The molecular weight excluding hydrogens is 221 g/mol. The summed E-state index contributed by atoms with van der Waals surface area (Å²) in [5.74, 6) is -0.192. The Labute approximate surface area is 101 Å². The van der Waals surface area contributed by atoms with Crippen LogP contribution in [-0.4, -0.2) is 5.25 Å². The van der Waals surface area contributed by atoms with Crippen LogP contribution < -0.4 is 5.73 Å². The van der Waals surface area contributed by atoms with Crippen LogP contribution in [0.1, 0.15) is 44.2 Å². The molecule has 1 aromatic rings. The van der Waals surface area contributed by atoms with Crippen molar-refractivity contribution >= 4 is 11.8 Å². The molecule has 0 aromatic heterocycles. The molecule has 1 saturated carbocycles. The SMILES string of the molecule is C[C@H](N)c1cc(F)ccc1SC1CCCC1. The molecule has 0 aliphatic heterocycles. The quantitative estimate of drug-likeness (QED) is 0.866. The number of benzene rings is 1. The number of nitrogens with two attached hydrogens (primary N) is 1. The highest BCUT2D eigenvalue weighted by atomic mass is 32.2. The highest BCUT2D eigenvalue weighted by molar-refractivity contribution is 8.00. The van der Waals surface area contributed by atoms with Gasteiger partial charge in [-0.25, -0.2) is 4.39 Å². The van der Waals surface area contributed by atoms with E-state index in [0.717, 1.165) is 10.5 Å². The van der Waals surface area contributed by atoms with E-state index >= 15 is 0 Å². The van der Waals surface area contributed by atoms with Crippen LogP contribution in [0.25, 0.3) is 0 Å². The van der Waals surface area contributed by atoms with Crippen molar-refractivity contribution in [3.63, 3.8) is 0 Å². The van der Waals surface area contributed by atoms with E-state index in [0.29, 0.717) is 5.25 Å². The van der Waals surface area contributed by atoms with Crippen LogP contribution in [0.5, 0.6) is 0 Å². The Morgan fingerprint density at radius 1 is 1.38 bits per heavy atom. The highest BCUT2D eigenvalue weighted by Gasteiger charge is 2.18. The lowest BCUT2D eigenvalue weighted by Crippen LogP contribution is -2.08. The van der Waals surface area contributed by atoms with Crippen LogP contribution in [0, 0.1) is 5.82 Å². The molecule has 1 fully saturated rings. The third-order valence-electron chi connectivity index (χ3n) is 3.06. The minimum atomic E-state index is -0.192. The van der Waals surface area contributed by atoms with Crippen molar-refractivity contribution in [1.29, 1.82) is 0 Å². The molecule has 1 aromatic carbocycles. The highest BCUT2D eigenvalue weighted by Crippen LogP contribution is 2.37. The van der Waals surface area contributed by atoms with Crippen LogP contribution >= 0.6 is 11.8 Å². The summed E-state index contributed by atoms with van der Waals surface area (Å²) in [6.07, 6.45) is 5.21. The van der Waals surface area contributed by atoms with Crippen LogP contribution in [0.3, 0.4) is 0 Å². The number of thioether (sulfide) groups is 1. The molecule has 1 nitrogen and oxygen atoms in total. The first-order valence-corrected chi connectivity index (χ1v) is 6.76. The van der Waals surface area contributed by atoms with Gasteiger partial charge in [0.05, 0.1) is 0 Å². The Kier molecular flexibility index (Phi) is 3.87. The lowest BCUT2D eigenvalue weighted by molar-refractivity contribution is 0.619. The van der Waals surface area contributed by atoms with Gasteiger partial charge in [-0.15, -0.1) is 11.8 Å². The fraction of sp³-hybridized carbons (Fsp3) is 0.538. The third kappa shape index (κ3) is 2.77. The molecule has 16 heavy (non-hydrogen) atoms. The van der Waals surface area contributed by atoms with Crippen molar-refractivity contribution in [3.05, 3.63) is 29.6 Å². The van der Waals surface area contributed by atoms with Crippen molar-refractivity contribution < 1.29 is 4.39 Å². The summed E-state index contributed by atoms with van der Waals surface area (Å²) in [6, 6.07) is 4.88. The van der Waals surface area contributed by atoms with E-state index in [1.165, 1.54) is 31.7 Å². The van der Waals surface area contributed by atoms with Gasteiger partial charge in [-0.1, -0.05) is 12.8 Å². The van der Waals surface area contributed by atoms with E-state index in [-0.39, 0.29) is 11.9 Å². The predicted molar refractivity (Wildman–Crippen MR) is 67.1 cm³/mol. The van der Waals surface area contributed by atoms with Crippen molar-refractivity contribution in [3.8, 4) is 0 Å². The summed E-state index contributed by atoms with van der Waals surface area (Å²) < 4.78 is 13.2. The Hall–Kier alpha value is -0.540. The van der Waals surface area contributed by atoms with E-state index in [4.69, 9.17) is 5.73 Å². The molecule has 0 saturated heterocycles. The summed E-state index contributed by atoms with van der Waals surface area (Å²) >= 11 is 1.87. The molecule has 88 valence electrons. The van der Waals surface area contributed by atoms with Gasteiger partial charge in [-0.3, -0.25) is 0 Å². The molecule has 1 aliphatic rings. The second-order valence-electron chi connectivity index (χ2n) is 4.50. The van der Waals surface area contributed by atoms with Crippen LogP contribution in [0.15, 0.2) is 23.1 Å². The van der Waals surface area contributed by atoms with Gasteiger partial charge >= 0.3 is 0 Å². The summed E-state index contributed by atoms with van der Waals surface area (Å²) in [4.78, 5) is 1.16. The minimum Gasteiger partial charge on any atom is -0.324 e. The molecule has 0 bridgehead atoms. The zero-order valence-corrected chi connectivity index (χ0v) is 10.4. The lowest BCUT2D eigenvalue weighted by atomic mass is 10.1. The van der Waals surface area contributed by atoms with Gasteiger partial charge < -0.3 is 5.73 Å². The first-order valence-electron chi connectivity index (χ1n) is 5.88. The fourth-order valence-electron chi connectivity index (χ4n) is 2.17. The van der Waals surface area contributed by atoms with Gasteiger partial charge in [-0.05, 0) is 43.5 Å². The van der Waals surface area contributed by atoms with Crippen molar-refractivity contribution in [2.45, 2.75) is 48.8 Å². The predicted octanol–water partition coefficient (Wildman–Crippen LogP) is 3.88. The third-order valence-corrected chi connectivity index (χ3v) is 4.49. The first kappa shape index (κ1) is 11.9. The van der Waals surface area contributed by atoms with Crippen LogP contribution in [0.4, 0.5) is 4.39 Å². The molecule has 3 heteroatoms. The zero-order valence-electron chi connectivity index (χ0n) is 9.58. The fourth-order valence-corrected chi connectivity index (χ4v) is 3.62. The number of halogens is 1. The molecule has 0 amide bonds. The van der Waals surface area contributed by atoms with Gasteiger partial charge in [-0.2, -0.15) is 0 Å². The second kappa shape index (κ2) is 5.19. The standard InChI is InChI=1S/C13H18FNS/c1-9(15)12-8-10(14)6-7-13(12)16-11-4-2-3-5-11/h6-9,11H,2-5,15H2,1H3/t9-/m0/s1. The average Bonchev–Trinajstić information content (AvgIpc) is 2.73. The molecule has 1 aliphatic carbocycles. The van der Waals surface area contributed by atoms with E-state index in [9.17, 15) is 4.39 Å². The summed E-state index contributed by atoms with van der Waals surface area (Å²) in [5.41, 5.74) is 6.82. The Bertz CT molecular complexity index is 359. The van der Waals surface area contributed by atoms with E-state index < -0.39 is 0 Å². The topological polar surface area (TPSA) is 26.0 Å². The maximum absolute atomic E-state index is 13.2. The Morgan fingerprint density at radius 3 is 2.69 bits per heavy atom. The van der Waals surface area contributed by atoms with Gasteiger partial charge in [0.15, 0.2) is 0 Å². The monoisotopic (exact) mass is 239 g/mol. The molecule has 0 spiro atoms. The summed E-state index contributed by atoms with van der Waals surface area (Å²) in [6.45, 7) is 1.91.